The molecule has 0 fully saturated rings. The number of rotatable bonds is 7. The van der Waals surface area contributed by atoms with Gasteiger partial charge in [0.1, 0.15) is 11.5 Å². The van der Waals surface area contributed by atoms with Crippen LogP contribution in [0, 0.1) is 0 Å². The molecule has 1 aromatic rings. The van der Waals surface area contributed by atoms with E-state index in [1.165, 1.54) is 13.2 Å². The average Bonchev–Trinajstić information content (AvgIpc) is 2.37. The third kappa shape index (κ3) is 4.60. The van der Waals surface area contributed by atoms with Crippen LogP contribution >= 0.6 is 0 Å². The number of carbonyl (C=O) groups excluding carboxylic acids is 1. The van der Waals surface area contributed by atoms with Gasteiger partial charge in [0.05, 0.1) is 25.9 Å². The number of hydrogen-bond acceptors (Lipinski definition) is 5. The second-order valence-electron chi connectivity index (χ2n) is 3.60. The molecule has 0 bridgehead atoms. The Balaban J connectivity index is 2.44. The fourth-order valence-electron chi connectivity index (χ4n) is 1.31. The van der Waals surface area contributed by atoms with Crippen molar-refractivity contribution >= 4 is 11.6 Å². The molecule has 0 aliphatic heterocycles. The number of carbonyl (C=O) groups is 1. The smallest absolute Gasteiger partial charge is 0.238 e. The molecular weight excluding hydrogens is 236 g/mol. The topological polar surface area (TPSA) is 79.8 Å². The van der Waals surface area contributed by atoms with Crippen LogP contribution in [-0.4, -0.2) is 44.9 Å². The Morgan fingerprint density at radius 3 is 2.78 bits per heavy atom. The molecule has 3 N–H and O–H groups in total. The van der Waals surface area contributed by atoms with Crippen molar-refractivity contribution in [3.05, 3.63) is 18.2 Å². The minimum absolute atomic E-state index is 0.0282. The molecule has 0 aliphatic carbocycles. The average molecular weight is 254 g/mol. The highest BCUT2D eigenvalue weighted by molar-refractivity contribution is 5.93. The van der Waals surface area contributed by atoms with Crippen LogP contribution in [0.5, 0.6) is 11.5 Å². The summed E-state index contributed by atoms with van der Waals surface area (Å²) < 4.78 is 9.79. The van der Waals surface area contributed by atoms with Crippen molar-refractivity contribution in [1.82, 2.24) is 5.32 Å². The maximum atomic E-state index is 11.5. The molecule has 0 spiro atoms. The van der Waals surface area contributed by atoms with Crippen molar-refractivity contribution in [1.29, 1.82) is 0 Å². The van der Waals surface area contributed by atoms with Crippen LogP contribution in [0.3, 0.4) is 0 Å². The lowest BCUT2D eigenvalue weighted by Crippen LogP contribution is -2.30. The Labute approximate surface area is 106 Å². The van der Waals surface area contributed by atoms with Crippen molar-refractivity contribution in [3.8, 4) is 11.5 Å². The second-order valence-corrected chi connectivity index (χ2v) is 3.60. The first-order valence-electron chi connectivity index (χ1n) is 5.54. The van der Waals surface area contributed by atoms with Crippen molar-refractivity contribution in [2.24, 2.45) is 0 Å². The summed E-state index contributed by atoms with van der Waals surface area (Å²) in [5.41, 5.74) is 0.356. The summed E-state index contributed by atoms with van der Waals surface area (Å²) in [6.45, 7) is 1.30. The number of methoxy groups -OCH3 is 2. The van der Waals surface area contributed by atoms with Crippen molar-refractivity contribution in [2.75, 3.05) is 39.2 Å². The molecular formula is C12H18N2O4. The largest absolute Gasteiger partial charge is 0.506 e. The number of amides is 1. The molecule has 18 heavy (non-hydrogen) atoms. The van der Waals surface area contributed by atoms with Crippen molar-refractivity contribution < 1.29 is 19.4 Å². The number of phenols is 1. The third-order valence-corrected chi connectivity index (χ3v) is 2.25. The van der Waals surface area contributed by atoms with Crippen LogP contribution in [0.1, 0.15) is 0 Å². The molecule has 6 nitrogen and oxygen atoms in total. The minimum atomic E-state index is -0.230. The van der Waals surface area contributed by atoms with Gasteiger partial charge in [-0.15, -0.1) is 0 Å². The van der Waals surface area contributed by atoms with Gasteiger partial charge < -0.3 is 25.2 Å². The number of phenolic OH excluding ortho intramolecular Hbond substituents is 1. The molecule has 0 aliphatic rings. The van der Waals surface area contributed by atoms with Gasteiger partial charge in [-0.3, -0.25) is 4.79 Å². The maximum Gasteiger partial charge on any atom is 0.238 e. The predicted octanol–water partition coefficient (Wildman–Crippen LogP) is 0.575. The third-order valence-electron chi connectivity index (χ3n) is 2.25. The van der Waals surface area contributed by atoms with Gasteiger partial charge in [-0.2, -0.15) is 0 Å². The lowest BCUT2D eigenvalue weighted by atomic mass is 10.2. The van der Waals surface area contributed by atoms with Crippen LogP contribution in [0.15, 0.2) is 18.2 Å². The normalized spacial score (nSPS) is 10.1. The molecule has 0 atom stereocenters. The highest BCUT2D eigenvalue weighted by atomic mass is 16.5. The van der Waals surface area contributed by atoms with Crippen molar-refractivity contribution in [3.63, 3.8) is 0 Å². The zero-order valence-electron chi connectivity index (χ0n) is 10.5. The first kappa shape index (κ1) is 14.3. The molecule has 0 unspecified atom stereocenters. The summed E-state index contributed by atoms with van der Waals surface area (Å²) in [5, 5.41) is 15.1. The summed E-state index contributed by atoms with van der Waals surface area (Å²) in [7, 11) is 3.10. The molecule has 1 amide bonds. The minimum Gasteiger partial charge on any atom is -0.506 e. The predicted molar refractivity (Wildman–Crippen MR) is 68.0 cm³/mol. The number of ether oxygens (including phenoxy) is 2. The Hall–Kier alpha value is -1.79. The number of aromatic hydroxyl groups is 1. The highest BCUT2D eigenvalue weighted by Gasteiger charge is 2.06. The molecule has 1 aromatic carbocycles. The van der Waals surface area contributed by atoms with E-state index < -0.39 is 0 Å². The fraction of sp³-hybridized carbons (Fsp3) is 0.417. The van der Waals surface area contributed by atoms with Crippen molar-refractivity contribution in [2.45, 2.75) is 0 Å². The Bertz CT molecular complexity index is 396. The molecule has 1 rings (SSSR count). The second kappa shape index (κ2) is 7.52. The van der Waals surface area contributed by atoms with E-state index in [2.05, 4.69) is 10.6 Å². The number of nitrogens with one attached hydrogen (secondary N) is 2. The van der Waals surface area contributed by atoms with Gasteiger partial charge in [-0.05, 0) is 12.1 Å². The highest BCUT2D eigenvalue weighted by Crippen LogP contribution is 2.27. The molecule has 0 saturated carbocycles. The van der Waals surface area contributed by atoms with E-state index in [9.17, 15) is 9.90 Å². The van der Waals surface area contributed by atoms with E-state index in [0.717, 1.165) is 0 Å². The zero-order valence-corrected chi connectivity index (χ0v) is 10.5. The molecule has 100 valence electrons. The van der Waals surface area contributed by atoms with Crippen LogP contribution in [0.2, 0.25) is 0 Å². The van der Waals surface area contributed by atoms with Gasteiger partial charge in [-0.25, -0.2) is 0 Å². The van der Waals surface area contributed by atoms with Gasteiger partial charge in [0.25, 0.3) is 0 Å². The summed E-state index contributed by atoms with van der Waals surface area (Å²) in [6.07, 6.45) is 0. The van der Waals surface area contributed by atoms with Crippen LogP contribution in [0.4, 0.5) is 5.69 Å². The quantitative estimate of drug-likeness (QED) is 0.490. The summed E-state index contributed by atoms with van der Waals surface area (Å²) in [4.78, 5) is 11.5. The van der Waals surface area contributed by atoms with E-state index in [4.69, 9.17) is 9.47 Å². The molecule has 0 aromatic heterocycles. The SMILES string of the molecule is COCCNCC(=O)Nc1ccc(OC)cc1O. The maximum absolute atomic E-state index is 11.5. The lowest BCUT2D eigenvalue weighted by Gasteiger charge is -2.09. The van der Waals surface area contributed by atoms with E-state index in [1.54, 1.807) is 19.2 Å². The summed E-state index contributed by atoms with van der Waals surface area (Å²) in [5.74, 6) is 0.273. The Kier molecular flexibility index (Phi) is 5.96. The zero-order chi connectivity index (χ0) is 13.4. The van der Waals surface area contributed by atoms with E-state index in [1.807, 2.05) is 0 Å². The summed E-state index contributed by atoms with van der Waals surface area (Å²) >= 11 is 0. The van der Waals surface area contributed by atoms with E-state index in [0.29, 0.717) is 24.6 Å². The van der Waals surface area contributed by atoms with Gasteiger partial charge in [0, 0.05) is 19.7 Å². The number of anilines is 1. The van der Waals surface area contributed by atoms with Crippen LogP contribution in [0.25, 0.3) is 0 Å². The Morgan fingerprint density at radius 1 is 1.39 bits per heavy atom. The molecule has 6 heteroatoms. The Morgan fingerprint density at radius 2 is 2.17 bits per heavy atom. The van der Waals surface area contributed by atoms with Crippen LogP contribution < -0.4 is 15.4 Å². The fourth-order valence-corrected chi connectivity index (χ4v) is 1.31. The molecule has 0 heterocycles. The van der Waals surface area contributed by atoms with Gasteiger partial charge in [-0.1, -0.05) is 0 Å². The number of hydrogen-bond donors (Lipinski definition) is 3. The van der Waals surface area contributed by atoms with Crippen LogP contribution in [-0.2, 0) is 9.53 Å². The monoisotopic (exact) mass is 254 g/mol. The van der Waals surface area contributed by atoms with Gasteiger partial charge >= 0.3 is 0 Å². The molecule has 0 radical (unpaired) electrons. The number of benzene rings is 1. The standard InChI is InChI=1S/C12H18N2O4/c1-17-6-5-13-8-12(16)14-10-4-3-9(18-2)7-11(10)15/h3-4,7,13,15H,5-6,8H2,1-2H3,(H,14,16). The summed E-state index contributed by atoms with van der Waals surface area (Å²) in [6, 6.07) is 4.68. The van der Waals surface area contributed by atoms with E-state index in [-0.39, 0.29) is 18.2 Å². The first-order chi connectivity index (χ1) is 8.67. The molecule has 0 saturated heterocycles. The van der Waals surface area contributed by atoms with Gasteiger partial charge in [0.15, 0.2) is 0 Å². The van der Waals surface area contributed by atoms with Gasteiger partial charge in [0.2, 0.25) is 5.91 Å². The first-order valence-corrected chi connectivity index (χ1v) is 5.54. The lowest BCUT2D eigenvalue weighted by molar-refractivity contribution is -0.115. The van der Waals surface area contributed by atoms with E-state index >= 15 is 0 Å².